The van der Waals surface area contributed by atoms with Crippen molar-refractivity contribution in [2.45, 2.75) is 6.92 Å². The molecular weight excluding hydrogens is 202 g/mol. The minimum Gasteiger partial charge on any atom is -0.322 e. The summed E-state index contributed by atoms with van der Waals surface area (Å²) in [6.45, 7) is 1.90. The van der Waals surface area contributed by atoms with Crippen molar-refractivity contribution in [3.05, 3.63) is 21.3 Å². The average molecular weight is 207 g/mol. The van der Waals surface area contributed by atoms with Crippen LogP contribution >= 0.6 is 23.6 Å². The first kappa shape index (κ1) is 8.35. The van der Waals surface area contributed by atoms with Crippen molar-refractivity contribution in [2.24, 2.45) is 0 Å². The van der Waals surface area contributed by atoms with Gasteiger partial charge in [-0.3, -0.25) is 0 Å². The summed E-state index contributed by atoms with van der Waals surface area (Å²) in [4.78, 5) is 7.06. The number of rotatable bonds is 0. The summed E-state index contributed by atoms with van der Waals surface area (Å²) in [7, 11) is 0. The maximum absolute atomic E-state index is 8.76. The summed E-state index contributed by atoms with van der Waals surface area (Å²) in [5.41, 5.74) is 2.33. The van der Waals surface area contributed by atoms with Crippen LogP contribution in [0.5, 0.6) is 0 Å². The lowest BCUT2D eigenvalue weighted by Crippen LogP contribution is -1.85. The van der Waals surface area contributed by atoms with E-state index in [1.165, 1.54) is 11.3 Å². The third-order valence-electron chi connectivity index (χ3n) is 1.82. The van der Waals surface area contributed by atoms with E-state index in [-0.39, 0.29) is 0 Å². The molecular formula is C8H5N3S2. The normalized spacial score (nSPS) is 10.2. The van der Waals surface area contributed by atoms with Gasteiger partial charge in [-0.05, 0) is 24.7 Å². The molecule has 0 aliphatic carbocycles. The van der Waals surface area contributed by atoms with Crippen LogP contribution in [0.3, 0.4) is 0 Å². The third-order valence-corrected chi connectivity index (χ3v) is 3.16. The number of nitrogens with zero attached hydrogens (tertiary/aromatic N) is 2. The van der Waals surface area contributed by atoms with Crippen LogP contribution in [-0.2, 0) is 0 Å². The van der Waals surface area contributed by atoms with Gasteiger partial charge in [-0.25, -0.2) is 4.98 Å². The van der Waals surface area contributed by atoms with E-state index in [0.717, 1.165) is 15.9 Å². The second-order valence-electron chi connectivity index (χ2n) is 2.60. The standard InChI is InChI=1S/C8H5N3S2/c1-4-5(2-9)3-10-7-6(4)13-8(12)11-7/h3H,1H3,(H,10,11,12). The fourth-order valence-electron chi connectivity index (χ4n) is 1.13. The Morgan fingerprint density at radius 3 is 3.15 bits per heavy atom. The monoisotopic (exact) mass is 207 g/mol. The minimum atomic E-state index is 0.609. The molecule has 0 unspecified atom stereocenters. The van der Waals surface area contributed by atoms with E-state index in [0.29, 0.717) is 9.52 Å². The number of hydrogen-bond acceptors (Lipinski definition) is 4. The minimum absolute atomic E-state index is 0.609. The molecule has 0 fully saturated rings. The summed E-state index contributed by atoms with van der Waals surface area (Å²) < 4.78 is 1.67. The molecule has 2 aromatic heterocycles. The highest BCUT2D eigenvalue weighted by atomic mass is 32.1. The zero-order chi connectivity index (χ0) is 9.42. The number of hydrogen-bond donors (Lipinski definition) is 1. The number of nitriles is 1. The number of nitrogens with one attached hydrogen (secondary N) is 1. The average Bonchev–Trinajstić information content (AvgIpc) is 2.47. The Hall–Kier alpha value is -1.25. The highest BCUT2D eigenvalue weighted by Gasteiger charge is 2.05. The van der Waals surface area contributed by atoms with Gasteiger partial charge in [-0.15, -0.1) is 11.3 Å². The molecule has 0 radical (unpaired) electrons. The topological polar surface area (TPSA) is 52.5 Å². The van der Waals surface area contributed by atoms with Gasteiger partial charge in [-0.2, -0.15) is 5.26 Å². The van der Waals surface area contributed by atoms with Crippen LogP contribution in [0.4, 0.5) is 0 Å². The van der Waals surface area contributed by atoms with Gasteiger partial charge in [0.05, 0.1) is 10.3 Å². The zero-order valence-corrected chi connectivity index (χ0v) is 8.42. The van der Waals surface area contributed by atoms with Crippen LogP contribution in [0.2, 0.25) is 0 Å². The molecule has 3 nitrogen and oxygen atoms in total. The van der Waals surface area contributed by atoms with E-state index < -0.39 is 0 Å². The van der Waals surface area contributed by atoms with E-state index in [2.05, 4.69) is 16.0 Å². The molecule has 0 bridgehead atoms. The molecule has 2 heterocycles. The molecule has 5 heteroatoms. The number of aromatic nitrogens is 2. The summed E-state index contributed by atoms with van der Waals surface area (Å²) in [6, 6.07) is 2.09. The van der Waals surface area contributed by atoms with E-state index in [1.54, 1.807) is 6.20 Å². The summed E-state index contributed by atoms with van der Waals surface area (Å²) in [5.74, 6) is 0. The second kappa shape index (κ2) is 2.91. The lowest BCUT2D eigenvalue weighted by Gasteiger charge is -1.95. The third kappa shape index (κ3) is 1.24. The SMILES string of the molecule is Cc1c(C#N)cnc2[nH]c(=S)sc12. The molecule has 2 rings (SSSR count). The summed E-state index contributed by atoms with van der Waals surface area (Å²) >= 11 is 6.45. The van der Waals surface area contributed by atoms with Crippen molar-refractivity contribution in [2.75, 3.05) is 0 Å². The molecule has 1 N–H and O–H groups in total. The zero-order valence-electron chi connectivity index (χ0n) is 6.79. The Morgan fingerprint density at radius 1 is 1.69 bits per heavy atom. The molecule has 64 valence electrons. The molecule has 0 atom stereocenters. The van der Waals surface area contributed by atoms with Crippen molar-refractivity contribution in [1.82, 2.24) is 9.97 Å². The molecule has 0 aliphatic rings. The molecule has 0 spiro atoms. The van der Waals surface area contributed by atoms with Crippen LogP contribution < -0.4 is 0 Å². The predicted molar refractivity (Wildman–Crippen MR) is 54.3 cm³/mol. The smallest absolute Gasteiger partial charge is 0.160 e. The lowest BCUT2D eigenvalue weighted by atomic mass is 10.2. The van der Waals surface area contributed by atoms with E-state index in [4.69, 9.17) is 17.5 Å². The Bertz CT molecular complexity index is 559. The van der Waals surface area contributed by atoms with Crippen molar-refractivity contribution < 1.29 is 0 Å². The molecule has 0 aliphatic heterocycles. The fraction of sp³-hybridized carbons (Fsp3) is 0.125. The second-order valence-corrected chi connectivity index (χ2v) is 4.29. The number of thiazole rings is 1. The molecule has 0 saturated carbocycles. The molecule has 0 amide bonds. The largest absolute Gasteiger partial charge is 0.322 e. The van der Waals surface area contributed by atoms with Crippen molar-refractivity contribution in [1.29, 1.82) is 5.26 Å². The fourth-order valence-corrected chi connectivity index (χ4v) is 2.27. The number of H-pyrrole nitrogens is 1. The lowest BCUT2D eigenvalue weighted by molar-refractivity contribution is 1.28. The van der Waals surface area contributed by atoms with Gasteiger partial charge in [0.1, 0.15) is 11.7 Å². The highest BCUT2D eigenvalue weighted by Crippen LogP contribution is 2.23. The van der Waals surface area contributed by atoms with Crippen LogP contribution in [0, 0.1) is 22.2 Å². The van der Waals surface area contributed by atoms with Crippen molar-refractivity contribution in [3.8, 4) is 6.07 Å². The number of aromatic amines is 1. The van der Waals surface area contributed by atoms with Crippen LogP contribution in [0.15, 0.2) is 6.20 Å². The highest BCUT2D eigenvalue weighted by molar-refractivity contribution is 7.73. The van der Waals surface area contributed by atoms with Gasteiger partial charge in [0, 0.05) is 6.20 Å². The van der Waals surface area contributed by atoms with Crippen molar-refractivity contribution >= 4 is 33.9 Å². The van der Waals surface area contributed by atoms with Gasteiger partial charge in [0.2, 0.25) is 0 Å². The Labute approximate surface area is 83.7 Å². The van der Waals surface area contributed by atoms with Gasteiger partial charge in [0.15, 0.2) is 3.95 Å². The van der Waals surface area contributed by atoms with Crippen molar-refractivity contribution in [3.63, 3.8) is 0 Å². The number of pyridine rings is 1. The maximum Gasteiger partial charge on any atom is 0.160 e. The molecule has 2 aromatic rings. The Morgan fingerprint density at radius 2 is 2.46 bits per heavy atom. The first-order chi connectivity index (χ1) is 6.22. The molecule has 0 saturated heterocycles. The van der Waals surface area contributed by atoms with Gasteiger partial charge >= 0.3 is 0 Å². The quantitative estimate of drug-likeness (QED) is 0.675. The van der Waals surface area contributed by atoms with Crippen LogP contribution in [0.1, 0.15) is 11.1 Å². The van der Waals surface area contributed by atoms with Gasteiger partial charge in [-0.1, -0.05) is 0 Å². The van der Waals surface area contributed by atoms with Gasteiger partial charge < -0.3 is 4.98 Å². The predicted octanol–water partition coefficient (Wildman–Crippen LogP) is 2.53. The summed E-state index contributed by atoms with van der Waals surface area (Å²) in [5, 5.41) is 8.76. The summed E-state index contributed by atoms with van der Waals surface area (Å²) in [6.07, 6.45) is 1.57. The Balaban J connectivity index is 2.95. The van der Waals surface area contributed by atoms with E-state index >= 15 is 0 Å². The Kier molecular flexibility index (Phi) is 1.87. The van der Waals surface area contributed by atoms with Gasteiger partial charge in [0.25, 0.3) is 0 Å². The first-order valence-electron chi connectivity index (χ1n) is 3.61. The maximum atomic E-state index is 8.76. The van der Waals surface area contributed by atoms with Crippen LogP contribution in [0.25, 0.3) is 10.3 Å². The van der Waals surface area contributed by atoms with E-state index in [1.807, 2.05) is 6.92 Å². The molecule has 13 heavy (non-hydrogen) atoms. The molecule has 0 aromatic carbocycles. The number of fused-ring (bicyclic) bond motifs is 1. The van der Waals surface area contributed by atoms with E-state index in [9.17, 15) is 0 Å². The first-order valence-corrected chi connectivity index (χ1v) is 4.83. The number of aryl methyl sites for hydroxylation is 1. The van der Waals surface area contributed by atoms with Crippen LogP contribution in [-0.4, -0.2) is 9.97 Å².